The van der Waals surface area contributed by atoms with E-state index in [-0.39, 0.29) is 18.7 Å². The summed E-state index contributed by atoms with van der Waals surface area (Å²) < 4.78 is 9.16. The van der Waals surface area contributed by atoms with Crippen LogP contribution in [0.15, 0.2) is 0 Å². The fourth-order valence-electron chi connectivity index (χ4n) is 2.69. The number of carbonyl (C=O) groups excluding carboxylic acids is 4. The molecule has 162 valence electrons. The van der Waals surface area contributed by atoms with Gasteiger partial charge in [-0.2, -0.15) is 0 Å². The van der Waals surface area contributed by atoms with Gasteiger partial charge in [-0.15, -0.1) is 0 Å². The minimum absolute atomic E-state index is 0.0150. The number of methoxy groups -OCH3 is 2. The van der Waals surface area contributed by atoms with Gasteiger partial charge in [0.2, 0.25) is 11.8 Å². The predicted octanol–water partition coefficient (Wildman–Crippen LogP) is 2.24. The van der Waals surface area contributed by atoms with E-state index in [0.29, 0.717) is 6.42 Å². The molecule has 2 N–H and O–H groups in total. The molecule has 28 heavy (non-hydrogen) atoms. The van der Waals surface area contributed by atoms with Crippen molar-refractivity contribution in [2.75, 3.05) is 14.2 Å². The third kappa shape index (κ3) is 12.3. The van der Waals surface area contributed by atoms with E-state index in [1.807, 2.05) is 0 Å². The lowest BCUT2D eigenvalue weighted by Crippen LogP contribution is -2.51. The lowest BCUT2D eigenvalue weighted by molar-refractivity contribution is -0.145. The van der Waals surface area contributed by atoms with Crippen LogP contribution < -0.4 is 10.6 Å². The third-order valence-electron chi connectivity index (χ3n) is 4.44. The Morgan fingerprint density at radius 1 is 0.821 bits per heavy atom. The molecule has 0 fully saturated rings. The van der Waals surface area contributed by atoms with Crippen LogP contribution in [0.2, 0.25) is 0 Å². The zero-order chi connectivity index (χ0) is 21.4. The molecule has 0 aromatic carbocycles. The summed E-state index contributed by atoms with van der Waals surface area (Å²) in [5, 5.41) is 5.15. The molecule has 0 spiro atoms. The van der Waals surface area contributed by atoms with Gasteiger partial charge in [0, 0.05) is 12.8 Å². The lowest BCUT2D eigenvalue weighted by atomic mass is 10.1. The van der Waals surface area contributed by atoms with Gasteiger partial charge in [-0.25, -0.2) is 4.79 Å². The van der Waals surface area contributed by atoms with E-state index in [9.17, 15) is 19.2 Å². The van der Waals surface area contributed by atoms with Crippen LogP contribution in [0.25, 0.3) is 0 Å². The van der Waals surface area contributed by atoms with Gasteiger partial charge in [-0.1, -0.05) is 45.4 Å². The zero-order valence-electron chi connectivity index (χ0n) is 17.7. The first-order valence-corrected chi connectivity index (χ1v) is 10.1. The highest BCUT2D eigenvalue weighted by Crippen LogP contribution is 2.09. The van der Waals surface area contributed by atoms with Gasteiger partial charge in [0.25, 0.3) is 0 Å². The Labute approximate surface area is 168 Å². The maximum atomic E-state index is 12.4. The second kappa shape index (κ2) is 15.9. The Morgan fingerprint density at radius 3 is 2.00 bits per heavy atom. The largest absolute Gasteiger partial charge is 0.469 e. The summed E-state index contributed by atoms with van der Waals surface area (Å²) in [6.45, 7) is 3.66. The number of hydrogen-bond acceptors (Lipinski definition) is 6. The molecular formula is C20H36N2O6. The number of hydrogen-bond donors (Lipinski definition) is 2. The average molecular weight is 401 g/mol. The molecule has 0 heterocycles. The van der Waals surface area contributed by atoms with Crippen molar-refractivity contribution in [1.29, 1.82) is 0 Å². The van der Waals surface area contributed by atoms with Crippen LogP contribution >= 0.6 is 0 Å². The first-order valence-electron chi connectivity index (χ1n) is 10.1. The number of amides is 2. The summed E-state index contributed by atoms with van der Waals surface area (Å²) in [7, 11) is 2.49. The first-order chi connectivity index (χ1) is 13.3. The molecule has 0 aromatic rings. The molecule has 0 radical (unpaired) electrons. The number of nitrogens with one attached hydrogen (secondary N) is 2. The second-order valence-electron chi connectivity index (χ2n) is 6.86. The third-order valence-corrected chi connectivity index (χ3v) is 4.44. The molecule has 0 saturated heterocycles. The van der Waals surface area contributed by atoms with Gasteiger partial charge in [0.1, 0.15) is 12.1 Å². The summed E-state index contributed by atoms with van der Waals surface area (Å²) in [6.07, 6.45) is 8.04. The van der Waals surface area contributed by atoms with Crippen LogP contribution in [0, 0.1) is 0 Å². The van der Waals surface area contributed by atoms with E-state index in [2.05, 4.69) is 27.0 Å². The maximum absolute atomic E-state index is 12.4. The van der Waals surface area contributed by atoms with E-state index in [1.165, 1.54) is 46.8 Å². The monoisotopic (exact) mass is 400 g/mol. The Bertz CT molecular complexity index is 495. The van der Waals surface area contributed by atoms with Crippen molar-refractivity contribution in [3.05, 3.63) is 0 Å². The van der Waals surface area contributed by atoms with Crippen molar-refractivity contribution < 1.29 is 28.7 Å². The Balaban J connectivity index is 4.49. The molecule has 2 amide bonds. The van der Waals surface area contributed by atoms with Gasteiger partial charge < -0.3 is 20.1 Å². The molecule has 0 rings (SSSR count). The van der Waals surface area contributed by atoms with Gasteiger partial charge in [0.15, 0.2) is 0 Å². The highest BCUT2D eigenvalue weighted by Gasteiger charge is 2.25. The molecule has 8 nitrogen and oxygen atoms in total. The summed E-state index contributed by atoms with van der Waals surface area (Å²) in [5.74, 6) is -1.84. The summed E-state index contributed by atoms with van der Waals surface area (Å²) >= 11 is 0. The second-order valence-corrected chi connectivity index (χ2v) is 6.86. The predicted molar refractivity (Wildman–Crippen MR) is 105 cm³/mol. The van der Waals surface area contributed by atoms with E-state index in [4.69, 9.17) is 0 Å². The molecule has 0 saturated carbocycles. The topological polar surface area (TPSA) is 111 Å². The number of esters is 2. The van der Waals surface area contributed by atoms with E-state index in [1.54, 1.807) is 0 Å². The lowest BCUT2D eigenvalue weighted by Gasteiger charge is -2.20. The van der Waals surface area contributed by atoms with Crippen molar-refractivity contribution in [3.8, 4) is 0 Å². The SMILES string of the molecule is CCCCCCCCCC(=O)NC(CCC(=O)OC)C(=O)NC(C)C(=O)OC. The summed E-state index contributed by atoms with van der Waals surface area (Å²) in [5.41, 5.74) is 0. The molecule has 0 bridgehead atoms. The number of carbonyl (C=O) groups is 4. The van der Waals surface area contributed by atoms with E-state index >= 15 is 0 Å². The van der Waals surface area contributed by atoms with Crippen LogP contribution in [-0.2, 0) is 28.7 Å². The van der Waals surface area contributed by atoms with Crippen LogP contribution in [0.4, 0.5) is 0 Å². The minimum atomic E-state index is -0.914. The quantitative estimate of drug-likeness (QED) is 0.322. The van der Waals surface area contributed by atoms with E-state index < -0.39 is 29.9 Å². The first kappa shape index (κ1) is 25.9. The Hall–Kier alpha value is -2.12. The fourth-order valence-corrected chi connectivity index (χ4v) is 2.69. The fraction of sp³-hybridized carbons (Fsp3) is 0.800. The molecule has 8 heteroatoms. The summed E-state index contributed by atoms with van der Waals surface area (Å²) in [6, 6.07) is -1.76. The zero-order valence-corrected chi connectivity index (χ0v) is 17.7. The van der Waals surface area contributed by atoms with Crippen molar-refractivity contribution >= 4 is 23.8 Å². The highest BCUT2D eigenvalue weighted by atomic mass is 16.5. The molecule has 0 aliphatic carbocycles. The minimum Gasteiger partial charge on any atom is -0.469 e. The van der Waals surface area contributed by atoms with Crippen molar-refractivity contribution in [3.63, 3.8) is 0 Å². The van der Waals surface area contributed by atoms with Gasteiger partial charge >= 0.3 is 11.9 Å². The molecule has 0 aliphatic rings. The van der Waals surface area contributed by atoms with Gasteiger partial charge in [-0.05, 0) is 19.8 Å². The van der Waals surface area contributed by atoms with Crippen molar-refractivity contribution in [1.82, 2.24) is 10.6 Å². The smallest absolute Gasteiger partial charge is 0.328 e. The number of unbranched alkanes of at least 4 members (excludes halogenated alkanes) is 6. The average Bonchev–Trinajstić information content (AvgIpc) is 2.69. The Morgan fingerprint density at radius 2 is 1.43 bits per heavy atom. The van der Waals surface area contributed by atoms with Gasteiger partial charge in [0.05, 0.1) is 14.2 Å². The number of rotatable bonds is 15. The van der Waals surface area contributed by atoms with Crippen LogP contribution in [-0.4, -0.2) is 50.1 Å². The highest BCUT2D eigenvalue weighted by molar-refractivity contribution is 5.90. The molecule has 0 aliphatic heterocycles. The standard InChI is InChI=1S/C20H36N2O6/c1-5-6-7-8-9-10-11-12-17(23)22-16(13-14-18(24)27-3)19(25)21-15(2)20(26)28-4/h15-16H,5-14H2,1-4H3,(H,21,25)(H,22,23). The van der Waals surface area contributed by atoms with Crippen LogP contribution in [0.5, 0.6) is 0 Å². The molecule has 0 aromatic heterocycles. The Kier molecular flexibility index (Phi) is 14.7. The molecule has 2 atom stereocenters. The van der Waals surface area contributed by atoms with Crippen LogP contribution in [0.1, 0.15) is 78.1 Å². The van der Waals surface area contributed by atoms with Gasteiger partial charge in [-0.3, -0.25) is 14.4 Å². The molecular weight excluding hydrogens is 364 g/mol. The van der Waals surface area contributed by atoms with Crippen molar-refractivity contribution in [2.45, 2.75) is 90.1 Å². The van der Waals surface area contributed by atoms with Crippen molar-refractivity contribution in [2.24, 2.45) is 0 Å². The van der Waals surface area contributed by atoms with Crippen LogP contribution in [0.3, 0.4) is 0 Å². The maximum Gasteiger partial charge on any atom is 0.328 e. The summed E-state index contributed by atoms with van der Waals surface area (Å²) in [4.78, 5) is 47.4. The number of ether oxygens (including phenoxy) is 2. The normalized spacial score (nSPS) is 12.6. The van der Waals surface area contributed by atoms with E-state index in [0.717, 1.165) is 19.3 Å². The molecule has 2 unspecified atom stereocenters.